The van der Waals surface area contributed by atoms with Crippen LogP contribution in [0.25, 0.3) is 0 Å². The van der Waals surface area contributed by atoms with Gasteiger partial charge in [0.2, 0.25) is 0 Å². The third-order valence-electron chi connectivity index (χ3n) is 9.04. The lowest BCUT2D eigenvalue weighted by Gasteiger charge is -2.13. The molecule has 0 bridgehead atoms. The van der Waals surface area contributed by atoms with Crippen LogP contribution in [0.3, 0.4) is 0 Å². The normalized spacial score (nSPS) is 10.3. The Bertz CT molecular complexity index is 2530. The van der Waals surface area contributed by atoms with Gasteiger partial charge in [0.1, 0.15) is 0 Å². The molecule has 16 heteroatoms. The van der Waals surface area contributed by atoms with E-state index in [0.29, 0.717) is 41.3 Å². The summed E-state index contributed by atoms with van der Waals surface area (Å²) < 4.78 is 4.52. The summed E-state index contributed by atoms with van der Waals surface area (Å²) in [6, 6.07) is 20.4. The van der Waals surface area contributed by atoms with E-state index in [1.807, 2.05) is 38.1 Å². The lowest BCUT2D eigenvalue weighted by atomic mass is 10.0. The first-order valence-corrected chi connectivity index (χ1v) is 19.0. The minimum atomic E-state index is -0.149. The highest BCUT2D eigenvalue weighted by Gasteiger charge is 2.13. The van der Waals surface area contributed by atoms with Crippen molar-refractivity contribution < 1.29 is 14.4 Å². The molecule has 0 N–H and O–H groups in total. The van der Waals surface area contributed by atoms with Crippen molar-refractivity contribution in [3.05, 3.63) is 191 Å². The van der Waals surface area contributed by atoms with E-state index < -0.39 is 0 Å². The Hall–Kier alpha value is -7.00. The highest BCUT2D eigenvalue weighted by atomic mass is 35.5. The van der Waals surface area contributed by atoms with Gasteiger partial charge in [-0.15, -0.1) is 0 Å². The number of hydrogen-bond donors (Lipinski definition) is 0. The van der Waals surface area contributed by atoms with E-state index >= 15 is 0 Å². The first kappa shape index (κ1) is 45.7. The molecule has 3 heterocycles. The van der Waals surface area contributed by atoms with Crippen LogP contribution in [0.4, 0.5) is 0 Å². The van der Waals surface area contributed by atoms with Crippen LogP contribution in [-0.2, 0) is 19.6 Å². The summed E-state index contributed by atoms with van der Waals surface area (Å²) in [7, 11) is 10.3. The monoisotopic (exact) mass is 833 g/mol. The van der Waals surface area contributed by atoms with E-state index in [-0.39, 0.29) is 34.4 Å². The summed E-state index contributed by atoms with van der Waals surface area (Å²) in [6.07, 6.45) is 8.88. The molecule has 0 aliphatic rings. The number of hydrogen-bond acceptors (Lipinski definition) is 9. The molecule has 0 radical (unpaired) electrons. The van der Waals surface area contributed by atoms with E-state index in [1.165, 1.54) is 74.4 Å². The summed E-state index contributed by atoms with van der Waals surface area (Å²) in [4.78, 5) is 86.9. The summed E-state index contributed by atoms with van der Waals surface area (Å²) in [5.74, 6) is -0.164. The van der Waals surface area contributed by atoms with Crippen molar-refractivity contribution in [2.24, 2.45) is 0 Å². The molecular formula is C44H48ClN9O6. The number of benzene rings is 3. The predicted molar refractivity (Wildman–Crippen MR) is 231 cm³/mol. The minimum Gasteiger partial charge on any atom is -0.345 e. The van der Waals surface area contributed by atoms with Gasteiger partial charge in [-0.05, 0) is 72.0 Å². The predicted octanol–water partition coefficient (Wildman–Crippen LogP) is 4.25. The van der Waals surface area contributed by atoms with Gasteiger partial charge in [0.25, 0.3) is 34.4 Å². The Labute approximate surface area is 352 Å². The number of aryl methyl sites for hydroxylation is 2. The molecule has 0 atom stereocenters. The maximum Gasteiger partial charge on any atom is 0.253 e. The van der Waals surface area contributed by atoms with Crippen LogP contribution in [0, 0.1) is 13.8 Å². The van der Waals surface area contributed by atoms with Gasteiger partial charge in [-0.3, -0.25) is 42.5 Å². The highest BCUT2D eigenvalue weighted by Crippen LogP contribution is 2.20. The Morgan fingerprint density at radius 2 is 0.950 bits per heavy atom. The summed E-state index contributed by atoms with van der Waals surface area (Å²) >= 11 is 6.17. The standard InChI is InChI=1S/2C15H17N3O2.C14H14ClN3O2/c1-11-8-12(15(20)17(2)3)4-5-13(11)9-18-10-16-7-6-14(18)19;1-11-8-12(4-5-13(11)15(20)17(2)3)9-18-10-16-7-6-14(18)19;1-17(2)14(20)10-3-4-11(12(15)7-10)8-18-9-16-6-5-13(18)19/h2*4-8,10H,9H2,1-3H3;3-7,9H,8H2,1-2H3. The quantitative estimate of drug-likeness (QED) is 0.207. The Kier molecular flexibility index (Phi) is 16.1. The third-order valence-corrected chi connectivity index (χ3v) is 9.39. The SMILES string of the molecule is CN(C)C(=O)c1ccc(Cn2cnccc2=O)c(Cl)c1.Cc1cc(C(=O)N(C)C)ccc1Cn1cnccc1=O.Cc1cc(Cn2cnccc2=O)ccc1C(=O)N(C)C. The zero-order chi connectivity index (χ0) is 44.1. The van der Waals surface area contributed by atoms with Crippen LogP contribution >= 0.6 is 11.6 Å². The molecule has 3 aromatic carbocycles. The van der Waals surface area contributed by atoms with Gasteiger partial charge in [0, 0.05) is 101 Å². The molecule has 312 valence electrons. The summed E-state index contributed by atoms with van der Waals surface area (Å²) in [5.41, 5.74) is 6.12. The third kappa shape index (κ3) is 12.5. The largest absolute Gasteiger partial charge is 0.345 e. The Balaban J connectivity index is 0.000000198. The van der Waals surface area contributed by atoms with Crippen LogP contribution in [-0.4, -0.2) is 103 Å². The second-order valence-electron chi connectivity index (χ2n) is 14.3. The Morgan fingerprint density at radius 3 is 1.37 bits per heavy atom. The lowest BCUT2D eigenvalue weighted by Crippen LogP contribution is -2.23. The van der Waals surface area contributed by atoms with E-state index in [9.17, 15) is 28.8 Å². The molecule has 6 rings (SSSR count). The van der Waals surface area contributed by atoms with Crippen LogP contribution < -0.4 is 16.7 Å². The van der Waals surface area contributed by atoms with Crippen LogP contribution in [0.2, 0.25) is 5.02 Å². The summed E-state index contributed by atoms with van der Waals surface area (Å²) in [6.45, 7) is 5.05. The molecular weight excluding hydrogens is 786 g/mol. The van der Waals surface area contributed by atoms with Crippen molar-refractivity contribution in [3.8, 4) is 0 Å². The van der Waals surface area contributed by atoms with Crippen LogP contribution in [0.15, 0.2) is 125 Å². The van der Waals surface area contributed by atoms with Gasteiger partial charge in [0.15, 0.2) is 0 Å². The lowest BCUT2D eigenvalue weighted by molar-refractivity contribution is 0.0820. The number of aromatic nitrogens is 6. The smallest absolute Gasteiger partial charge is 0.253 e. The van der Waals surface area contributed by atoms with Gasteiger partial charge in [-0.2, -0.15) is 0 Å². The fourth-order valence-electron chi connectivity index (χ4n) is 5.69. The van der Waals surface area contributed by atoms with Gasteiger partial charge in [-0.1, -0.05) is 35.9 Å². The van der Waals surface area contributed by atoms with Crippen molar-refractivity contribution in [1.82, 2.24) is 43.4 Å². The fourth-order valence-corrected chi connectivity index (χ4v) is 5.93. The van der Waals surface area contributed by atoms with Gasteiger partial charge < -0.3 is 14.7 Å². The zero-order valence-electron chi connectivity index (χ0n) is 34.9. The molecule has 0 saturated heterocycles. The summed E-state index contributed by atoms with van der Waals surface area (Å²) in [5, 5.41) is 0.452. The molecule has 0 spiro atoms. The number of amides is 3. The molecule has 60 heavy (non-hydrogen) atoms. The van der Waals surface area contributed by atoms with Crippen LogP contribution in [0.5, 0.6) is 0 Å². The molecule has 6 aromatic rings. The van der Waals surface area contributed by atoms with Crippen molar-refractivity contribution in [1.29, 1.82) is 0 Å². The zero-order valence-corrected chi connectivity index (χ0v) is 35.6. The number of halogens is 1. The minimum absolute atomic E-state index is 0.0207. The Morgan fingerprint density at radius 1 is 0.517 bits per heavy atom. The van der Waals surface area contributed by atoms with E-state index in [0.717, 1.165) is 27.8 Å². The molecule has 3 amide bonds. The van der Waals surface area contributed by atoms with Crippen molar-refractivity contribution in [2.75, 3.05) is 42.3 Å². The average Bonchev–Trinajstić information content (AvgIpc) is 3.21. The van der Waals surface area contributed by atoms with Gasteiger partial charge in [-0.25, -0.2) is 15.0 Å². The maximum atomic E-state index is 11.9. The van der Waals surface area contributed by atoms with Gasteiger partial charge in [0.05, 0.1) is 38.6 Å². The molecule has 0 fully saturated rings. The molecule has 0 aliphatic carbocycles. The van der Waals surface area contributed by atoms with Crippen molar-refractivity contribution in [2.45, 2.75) is 33.5 Å². The molecule has 0 unspecified atom stereocenters. The van der Waals surface area contributed by atoms with Crippen LogP contribution in [0.1, 0.15) is 58.9 Å². The molecule has 15 nitrogen and oxygen atoms in total. The van der Waals surface area contributed by atoms with Gasteiger partial charge >= 0.3 is 0 Å². The molecule has 0 aliphatic heterocycles. The second kappa shape index (κ2) is 21.1. The molecule has 0 saturated carbocycles. The van der Waals surface area contributed by atoms with Crippen molar-refractivity contribution >= 4 is 29.3 Å². The van der Waals surface area contributed by atoms with E-state index in [1.54, 1.807) is 82.4 Å². The first-order valence-electron chi connectivity index (χ1n) is 18.6. The average molecular weight is 834 g/mol. The van der Waals surface area contributed by atoms with E-state index in [2.05, 4.69) is 15.0 Å². The topological polar surface area (TPSA) is 166 Å². The maximum absolute atomic E-state index is 11.9. The first-order chi connectivity index (χ1) is 28.5. The number of carbonyl (C=O) groups is 3. The second-order valence-corrected chi connectivity index (χ2v) is 14.7. The number of rotatable bonds is 9. The fraction of sp³-hybridized carbons (Fsp3) is 0.250. The number of nitrogens with zero attached hydrogens (tertiary/aromatic N) is 9. The van der Waals surface area contributed by atoms with Crippen molar-refractivity contribution in [3.63, 3.8) is 0 Å². The molecule has 3 aromatic heterocycles. The highest BCUT2D eigenvalue weighted by molar-refractivity contribution is 6.31. The number of carbonyl (C=O) groups excluding carboxylic acids is 3. The van der Waals surface area contributed by atoms with E-state index in [4.69, 9.17) is 11.6 Å².